The Bertz CT molecular complexity index is 798. The van der Waals surface area contributed by atoms with Crippen LogP contribution >= 0.6 is 0 Å². The van der Waals surface area contributed by atoms with Crippen molar-refractivity contribution in [3.63, 3.8) is 0 Å². The van der Waals surface area contributed by atoms with Crippen molar-refractivity contribution in [2.75, 3.05) is 12.8 Å². The Kier molecular flexibility index (Phi) is 4.71. The molecule has 128 valence electrons. The van der Waals surface area contributed by atoms with E-state index < -0.39 is 9.84 Å². The molecule has 7 heteroatoms. The predicted octanol–water partition coefficient (Wildman–Crippen LogP) is 2.11. The van der Waals surface area contributed by atoms with Gasteiger partial charge in [-0.2, -0.15) is 0 Å². The van der Waals surface area contributed by atoms with E-state index in [1.54, 1.807) is 36.7 Å². The van der Waals surface area contributed by atoms with Crippen LogP contribution in [-0.4, -0.2) is 42.0 Å². The van der Waals surface area contributed by atoms with Crippen molar-refractivity contribution in [2.24, 2.45) is 0 Å². The van der Waals surface area contributed by atoms with Gasteiger partial charge in [0.25, 0.3) is 0 Å². The Morgan fingerprint density at radius 2 is 2.08 bits per heavy atom. The summed E-state index contributed by atoms with van der Waals surface area (Å²) in [4.78, 5) is 22.1. The van der Waals surface area contributed by atoms with Gasteiger partial charge in [0, 0.05) is 31.6 Å². The van der Waals surface area contributed by atoms with Crippen molar-refractivity contribution in [3.8, 4) is 0 Å². The van der Waals surface area contributed by atoms with Crippen LogP contribution in [0, 0.1) is 0 Å². The quantitative estimate of drug-likeness (QED) is 0.898. The van der Waals surface area contributed by atoms with Crippen LogP contribution in [-0.2, 0) is 21.1 Å². The molecule has 1 atom stereocenters. The number of aryl methyl sites for hydroxylation is 1. The molecule has 1 saturated heterocycles. The summed E-state index contributed by atoms with van der Waals surface area (Å²) in [6.07, 6.45) is 7.61. The van der Waals surface area contributed by atoms with Crippen LogP contribution in [0.15, 0.2) is 41.6 Å². The topological polar surface area (TPSA) is 83.1 Å². The Hall–Kier alpha value is -2.15. The minimum atomic E-state index is -3.18. The van der Waals surface area contributed by atoms with E-state index >= 15 is 0 Å². The van der Waals surface area contributed by atoms with Gasteiger partial charge in [-0.1, -0.05) is 12.1 Å². The normalized spacial score (nSPS) is 18.0. The summed E-state index contributed by atoms with van der Waals surface area (Å²) in [7, 11) is -3.18. The number of likely N-dealkylation sites (tertiary alicyclic amines) is 1. The first kappa shape index (κ1) is 16.7. The number of benzene rings is 1. The number of rotatable bonds is 5. The van der Waals surface area contributed by atoms with E-state index in [0.29, 0.717) is 17.7 Å². The van der Waals surface area contributed by atoms with Gasteiger partial charge in [0.2, 0.25) is 5.91 Å². The van der Waals surface area contributed by atoms with Crippen molar-refractivity contribution in [1.29, 1.82) is 0 Å². The molecule has 1 aromatic heterocycles. The molecule has 1 N–H and O–H groups in total. The largest absolute Gasteiger partial charge is 0.347 e. The zero-order chi connectivity index (χ0) is 17.2. The second-order valence-electron chi connectivity index (χ2n) is 6.14. The van der Waals surface area contributed by atoms with Crippen LogP contribution in [0.1, 0.15) is 36.7 Å². The van der Waals surface area contributed by atoms with Crippen LogP contribution in [0.25, 0.3) is 0 Å². The summed E-state index contributed by atoms with van der Waals surface area (Å²) in [6.45, 7) is 0.761. The lowest BCUT2D eigenvalue weighted by Gasteiger charge is -2.23. The monoisotopic (exact) mass is 347 g/mol. The third-order valence-corrected chi connectivity index (χ3v) is 5.52. The van der Waals surface area contributed by atoms with Crippen LogP contribution in [0.4, 0.5) is 0 Å². The maximum atomic E-state index is 12.5. The fourth-order valence-electron chi connectivity index (χ4n) is 3.11. The molecule has 0 radical (unpaired) electrons. The number of H-pyrrole nitrogens is 1. The van der Waals surface area contributed by atoms with E-state index in [0.717, 1.165) is 30.8 Å². The first-order chi connectivity index (χ1) is 11.4. The summed E-state index contributed by atoms with van der Waals surface area (Å²) < 4.78 is 22.9. The first-order valence-electron chi connectivity index (χ1n) is 8.03. The number of carbonyl (C=O) groups excluding carboxylic acids is 1. The van der Waals surface area contributed by atoms with E-state index in [1.807, 2.05) is 4.90 Å². The van der Waals surface area contributed by atoms with E-state index in [4.69, 9.17) is 0 Å². The molecule has 1 amide bonds. The molecule has 1 aliphatic heterocycles. The van der Waals surface area contributed by atoms with Gasteiger partial charge in [0.15, 0.2) is 9.84 Å². The molecule has 24 heavy (non-hydrogen) atoms. The van der Waals surface area contributed by atoms with E-state index in [-0.39, 0.29) is 11.9 Å². The Morgan fingerprint density at radius 3 is 2.71 bits per heavy atom. The van der Waals surface area contributed by atoms with Gasteiger partial charge >= 0.3 is 0 Å². The van der Waals surface area contributed by atoms with Crippen LogP contribution in [0.3, 0.4) is 0 Å². The summed E-state index contributed by atoms with van der Waals surface area (Å²) in [5.74, 6) is 0.958. The molecule has 6 nitrogen and oxygen atoms in total. The number of nitrogens with one attached hydrogen (secondary N) is 1. The van der Waals surface area contributed by atoms with Gasteiger partial charge in [-0.15, -0.1) is 0 Å². The molecule has 0 spiro atoms. The number of nitrogens with zero attached hydrogens (tertiary/aromatic N) is 2. The van der Waals surface area contributed by atoms with Crippen molar-refractivity contribution in [2.45, 2.75) is 36.6 Å². The van der Waals surface area contributed by atoms with E-state index in [1.165, 1.54) is 6.26 Å². The van der Waals surface area contributed by atoms with E-state index in [2.05, 4.69) is 9.97 Å². The summed E-state index contributed by atoms with van der Waals surface area (Å²) in [6, 6.07) is 6.78. The Balaban J connectivity index is 1.61. The fraction of sp³-hybridized carbons (Fsp3) is 0.412. The van der Waals surface area contributed by atoms with Gasteiger partial charge < -0.3 is 9.88 Å². The number of sulfone groups is 1. The highest BCUT2D eigenvalue weighted by atomic mass is 32.2. The minimum Gasteiger partial charge on any atom is -0.347 e. The van der Waals surface area contributed by atoms with Crippen LogP contribution in [0.2, 0.25) is 0 Å². The molecule has 0 saturated carbocycles. The second-order valence-corrected chi connectivity index (χ2v) is 8.15. The average molecular weight is 347 g/mol. The highest BCUT2D eigenvalue weighted by Crippen LogP contribution is 2.30. The third kappa shape index (κ3) is 3.67. The lowest BCUT2D eigenvalue weighted by atomic mass is 10.1. The molecule has 0 aliphatic carbocycles. The number of carbonyl (C=O) groups is 1. The fourth-order valence-corrected chi connectivity index (χ4v) is 3.74. The molecule has 0 bridgehead atoms. The summed E-state index contributed by atoms with van der Waals surface area (Å²) in [5, 5.41) is 0. The van der Waals surface area contributed by atoms with Gasteiger partial charge in [-0.25, -0.2) is 13.4 Å². The number of hydrogen-bond acceptors (Lipinski definition) is 4. The highest BCUT2D eigenvalue weighted by Gasteiger charge is 2.31. The van der Waals surface area contributed by atoms with Crippen LogP contribution < -0.4 is 0 Å². The molecule has 1 aliphatic rings. The molecular formula is C17H21N3O3S. The lowest BCUT2D eigenvalue weighted by molar-refractivity contribution is -0.132. The molecule has 1 unspecified atom stereocenters. The molecular weight excluding hydrogens is 326 g/mol. The molecule has 2 heterocycles. The average Bonchev–Trinajstić information content (AvgIpc) is 3.22. The molecule has 1 fully saturated rings. The van der Waals surface area contributed by atoms with Crippen molar-refractivity contribution in [1.82, 2.24) is 14.9 Å². The number of aromatic nitrogens is 2. The minimum absolute atomic E-state index is 0.0418. The number of aromatic amines is 1. The van der Waals surface area contributed by atoms with E-state index in [9.17, 15) is 13.2 Å². The Morgan fingerprint density at radius 1 is 1.33 bits per heavy atom. The lowest BCUT2D eigenvalue weighted by Crippen LogP contribution is -2.31. The summed E-state index contributed by atoms with van der Waals surface area (Å²) in [5.41, 5.74) is 0.962. The highest BCUT2D eigenvalue weighted by molar-refractivity contribution is 7.90. The zero-order valence-corrected chi connectivity index (χ0v) is 14.4. The zero-order valence-electron chi connectivity index (χ0n) is 13.6. The number of hydrogen-bond donors (Lipinski definition) is 1. The maximum Gasteiger partial charge on any atom is 0.223 e. The standard InChI is InChI=1S/C17H21N3O3S/c1-24(22,23)14-7-4-13(5-8-14)6-9-16(21)20-12-2-3-15(20)17-18-10-11-19-17/h4-5,7-8,10-11,15H,2-3,6,9,12H2,1H3,(H,18,19). The SMILES string of the molecule is CS(=O)(=O)c1ccc(CCC(=O)N2CCCC2c2ncc[nH]2)cc1. The number of amides is 1. The van der Waals surface area contributed by atoms with Gasteiger partial charge in [0.05, 0.1) is 10.9 Å². The van der Waals surface area contributed by atoms with Crippen LogP contribution in [0.5, 0.6) is 0 Å². The maximum absolute atomic E-state index is 12.5. The van der Waals surface area contributed by atoms with Gasteiger partial charge in [0.1, 0.15) is 5.82 Å². The second kappa shape index (κ2) is 6.76. The van der Waals surface area contributed by atoms with Gasteiger partial charge in [-0.3, -0.25) is 4.79 Å². The summed E-state index contributed by atoms with van der Waals surface area (Å²) >= 11 is 0. The van der Waals surface area contributed by atoms with Gasteiger partial charge in [-0.05, 0) is 37.0 Å². The smallest absolute Gasteiger partial charge is 0.223 e. The molecule has 3 rings (SSSR count). The molecule has 1 aromatic carbocycles. The van der Waals surface area contributed by atoms with Crippen molar-refractivity contribution >= 4 is 15.7 Å². The predicted molar refractivity (Wildman–Crippen MR) is 90.1 cm³/mol. The van der Waals surface area contributed by atoms with Crippen molar-refractivity contribution in [3.05, 3.63) is 48.0 Å². The number of imidazole rings is 1. The third-order valence-electron chi connectivity index (χ3n) is 4.39. The van der Waals surface area contributed by atoms with Crippen molar-refractivity contribution < 1.29 is 13.2 Å². The molecule has 2 aromatic rings. The first-order valence-corrected chi connectivity index (χ1v) is 9.92. The Labute approximate surface area is 141 Å².